The molecule has 148 valence electrons. The van der Waals surface area contributed by atoms with Crippen LogP contribution in [0, 0.1) is 29.1 Å². The molecule has 0 aromatic carbocycles. The molecule has 1 heteroatoms. The lowest BCUT2D eigenvalue weighted by Gasteiger charge is -2.25. The Morgan fingerprint density at radius 1 is 1.19 bits per heavy atom. The number of ether oxygens (including phenoxy) is 1. The van der Waals surface area contributed by atoms with Gasteiger partial charge < -0.3 is 4.74 Å². The average Bonchev–Trinajstić information content (AvgIpc) is 3.44. The normalized spacial score (nSPS) is 42.8. The second kappa shape index (κ2) is 7.82. The van der Waals surface area contributed by atoms with Gasteiger partial charge in [-0.05, 0) is 100 Å². The van der Waals surface area contributed by atoms with Crippen LogP contribution >= 0.6 is 0 Å². The molecule has 0 aromatic rings. The summed E-state index contributed by atoms with van der Waals surface area (Å²) >= 11 is 0. The molecule has 3 saturated carbocycles. The molecule has 0 N–H and O–H groups in total. The van der Waals surface area contributed by atoms with Crippen molar-refractivity contribution in [2.75, 3.05) is 0 Å². The summed E-state index contributed by atoms with van der Waals surface area (Å²) in [6.07, 6.45) is 16.2. The van der Waals surface area contributed by atoms with E-state index in [0.717, 1.165) is 29.1 Å². The quantitative estimate of drug-likeness (QED) is 0.358. The Balaban J connectivity index is 0.000000152. The number of fused-ring (bicyclic) bond motifs is 2. The van der Waals surface area contributed by atoms with Gasteiger partial charge in [0.25, 0.3) is 0 Å². The molecule has 6 atom stereocenters. The van der Waals surface area contributed by atoms with Crippen molar-refractivity contribution in [1.29, 1.82) is 0 Å². The van der Waals surface area contributed by atoms with Crippen LogP contribution in [0.3, 0.4) is 0 Å². The van der Waals surface area contributed by atoms with Crippen LogP contribution in [0.5, 0.6) is 0 Å². The van der Waals surface area contributed by atoms with E-state index in [4.69, 9.17) is 4.74 Å². The third-order valence-corrected chi connectivity index (χ3v) is 7.83. The number of hydrogen-bond donors (Lipinski definition) is 0. The molecule has 6 unspecified atom stereocenters. The summed E-state index contributed by atoms with van der Waals surface area (Å²) in [7, 11) is 0. The first kappa shape index (κ1) is 20.2. The van der Waals surface area contributed by atoms with E-state index in [0.29, 0.717) is 6.10 Å². The Morgan fingerprint density at radius 3 is 2.58 bits per heavy atom. The van der Waals surface area contributed by atoms with E-state index in [1.165, 1.54) is 69.8 Å². The molecule has 4 fully saturated rings. The second-order valence-electron chi connectivity index (χ2n) is 10.7. The van der Waals surface area contributed by atoms with Crippen LogP contribution < -0.4 is 0 Å². The van der Waals surface area contributed by atoms with E-state index < -0.39 is 0 Å². The van der Waals surface area contributed by atoms with Gasteiger partial charge in [-0.25, -0.2) is 0 Å². The minimum atomic E-state index is 0.259. The standard InChI is InChI=1S/C13H22O.C12H20/c1-9(2)7-10(3)11-5-6-13(4)12(8-11)14-13;1-3-4-5-10-6-7-12(2)9-11(12)8-10/h9,11-12H,3,5-8H2,1-2,4H3;3,10-11H,1,4-9H2,2H3. The van der Waals surface area contributed by atoms with Crippen molar-refractivity contribution in [1.82, 2.24) is 0 Å². The summed E-state index contributed by atoms with van der Waals surface area (Å²) in [6.45, 7) is 17.3. The topological polar surface area (TPSA) is 12.5 Å². The Kier molecular flexibility index (Phi) is 6.07. The van der Waals surface area contributed by atoms with Gasteiger partial charge in [-0.15, -0.1) is 6.58 Å². The third kappa shape index (κ3) is 4.83. The summed E-state index contributed by atoms with van der Waals surface area (Å²) < 4.78 is 5.71. The molecule has 0 amide bonds. The largest absolute Gasteiger partial charge is 0.366 e. The van der Waals surface area contributed by atoms with Gasteiger partial charge in [0.1, 0.15) is 0 Å². The molecule has 1 saturated heterocycles. The molecule has 1 aliphatic heterocycles. The molecule has 0 spiro atoms. The Labute approximate surface area is 162 Å². The van der Waals surface area contributed by atoms with E-state index >= 15 is 0 Å². The van der Waals surface area contributed by atoms with Crippen LogP contribution in [0.4, 0.5) is 0 Å². The molecule has 26 heavy (non-hydrogen) atoms. The Bertz CT molecular complexity index is 520. The molecule has 4 aliphatic rings. The molecule has 0 aromatic heterocycles. The summed E-state index contributed by atoms with van der Waals surface area (Å²) in [5, 5.41) is 0. The van der Waals surface area contributed by atoms with E-state index in [2.05, 4.69) is 46.9 Å². The molecule has 0 radical (unpaired) electrons. The highest BCUT2D eigenvalue weighted by atomic mass is 16.6. The number of epoxide rings is 1. The van der Waals surface area contributed by atoms with E-state index in [9.17, 15) is 0 Å². The van der Waals surface area contributed by atoms with Crippen LogP contribution in [0.2, 0.25) is 0 Å². The Morgan fingerprint density at radius 2 is 1.96 bits per heavy atom. The highest BCUT2D eigenvalue weighted by molar-refractivity contribution is 5.12. The summed E-state index contributed by atoms with van der Waals surface area (Å²) in [5.74, 6) is 3.61. The maximum atomic E-state index is 5.71. The first-order valence-corrected chi connectivity index (χ1v) is 11.2. The minimum absolute atomic E-state index is 0.259. The zero-order valence-electron chi connectivity index (χ0n) is 17.9. The van der Waals surface area contributed by atoms with Crippen molar-refractivity contribution >= 4 is 0 Å². The lowest BCUT2D eigenvalue weighted by Crippen LogP contribution is -2.22. The van der Waals surface area contributed by atoms with Crippen LogP contribution in [0.1, 0.15) is 91.9 Å². The molecule has 4 rings (SSSR count). The number of hydrogen-bond acceptors (Lipinski definition) is 1. The fourth-order valence-electron chi connectivity index (χ4n) is 5.56. The molecular formula is C25H42O. The summed E-state index contributed by atoms with van der Waals surface area (Å²) in [6, 6.07) is 0. The molecule has 1 nitrogen and oxygen atoms in total. The van der Waals surface area contributed by atoms with E-state index in [1.54, 1.807) is 0 Å². The molecule has 1 heterocycles. The van der Waals surface area contributed by atoms with Crippen LogP contribution in [0.15, 0.2) is 24.8 Å². The van der Waals surface area contributed by atoms with Crippen molar-refractivity contribution in [3.05, 3.63) is 24.8 Å². The van der Waals surface area contributed by atoms with E-state index in [1.807, 2.05) is 0 Å². The minimum Gasteiger partial charge on any atom is -0.366 e. The predicted molar refractivity (Wildman–Crippen MR) is 112 cm³/mol. The van der Waals surface area contributed by atoms with Gasteiger partial charge in [-0.3, -0.25) is 0 Å². The van der Waals surface area contributed by atoms with Crippen molar-refractivity contribution < 1.29 is 4.74 Å². The zero-order chi connectivity index (χ0) is 18.9. The molecular weight excluding hydrogens is 316 g/mol. The summed E-state index contributed by atoms with van der Waals surface area (Å²) in [5.41, 5.74) is 2.51. The first-order chi connectivity index (χ1) is 12.3. The fraction of sp³-hybridized carbons (Fsp3) is 0.840. The average molecular weight is 359 g/mol. The summed E-state index contributed by atoms with van der Waals surface area (Å²) in [4.78, 5) is 0. The molecule has 3 aliphatic carbocycles. The smallest absolute Gasteiger partial charge is 0.0920 e. The lowest BCUT2D eigenvalue weighted by molar-refractivity contribution is 0.268. The highest BCUT2D eigenvalue weighted by Crippen LogP contribution is 2.62. The van der Waals surface area contributed by atoms with Gasteiger partial charge in [0.2, 0.25) is 0 Å². The van der Waals surface area contributed by atoms with Crippen LogP contribution in [-0.2, 0) is 4.74 Å². The van der Waals surface area contributed by atoms with Crippen molar-refractivity contribution in [3.63, 3.8) is 0 Å². The number of rotatable bonds is 6. The van der Waals surface area contributed by atoms with Gasteiger partial charge in [0.15, 0.2) is 0 Å². The lowest BCUT2D eigenvalue weighted by atomic mass is 9.78. The van der Waals surface area contributed by atoms with Crippen molar-refractivity contribution in [2.45, 2.75) is 104 Å². The van der Waals surface area contributed by atoms with Gasteiger partial charge in [0, 0.05) is 0 Å². The van der Waals surface area contributed by atoms with Gasteiger partial charge in [-0.2, -0.15) is 0 Å². The van der Waals surface area contributed by atoms with Gasteiger partial charge in [-0.1, -0.05) is 39.0 Å². The zero-order valence-corrected chi connectivity index (χ0v) is 17.9. The van der Waals surface area contributed by atoms with Crippen LogP contribution in [0.25, 0.3) is 0 Å². The second-order valence-corrected chi connectivity index (χ2v) is 10.7. The molecule has 0 bridgehead atoms. The third-order valence-electron chi connectivity index (χ3n) is 7.83. The monoisotopic (exact) mass is 358 g/mol. The van der Waals surface area contributed by atoms with Gasteiger partial charge in [0.05, 0.1) is 11.7 Å². The van der Waals surface area contributed by atoms with E-state index in [-0.39, 0.29) is 5.60 Å². The van der Waals surface area contributed by atoms with Crippen LogP contribution in [-0.4, -0.2) is 11.7 Å². The first-order valence-electron chi connectivity index (χ1n) is 11.2. The van der Waals surface area contributed by atoms with Crippen molar-refractivity contribution in [2.24, 2.45) is 29.1 Å². The fourth-order valence-corrected chi connectivity index (χ4v) is 5.56. The SMILES string of the molecule is C=C(CC(C)C)C1CCC2(C)OC2C1.C=CCCC1CCC2(C)CC2C1. The van der Waals surface area contributed by atoms with Gasteiger partial charge >= 0.3 is 0 Å². The maximum Gasteiger partial charge on any atom is 0.0920 e. The highest BCUT2D eigenvalue weighted by Gasteiger charge is 2.55. The predicted octanol–water partition coefficient (Wildman–Crippen LogP) is 7.33. The number of allylic oxidation sites excluding steroid dienone is 2. The Hall–Kier alpha value is -0.560. The maximum absolute atomic E-state index is 5.71. The van der Waals surface area contributed by atoms with Crippen molar-refractivity contribution in [3.8, 4) is 0 Å².